The summed E-state index contributed by atoms with van der Waals surface area (Å²) in [7, 11) is 0. The maximum absolute atomic E-state index is 11.5. The molecule has 2 aromatic rings. The van der Waals surface area contributed by atoms with Crippen LogP contribution in [0.25, 0.3) is 5.95 Å². The standard InChI is InChI=1S/C8H9N5O/c1-5-6(9)7(14)13(12-5)8-10-3-2-4-11-8/h2-4,12H,9H2,1H3. The number of hydrogen-bond acceptors (Lipinski definition) is 4. The van der Waals surface area contributed by atoms with E-state index in [4.69, 9.17) is 5.73 Å². The lowest BCUT2D eigenvalue weighted by Gasteiger charge is -1.96. The number of aromatic nitrogens is 4. The van der Waals surface area contributed by atoms with Crippen LogP contribution in [0.3, 0.4) is 0 Å². The van der Waals surface area contributed by atoms with Crippen LogP contribution in [0.15, 0.2) is 23.3 Å². The number of rotatable bonds is 1. The topological polar surface area (TPSA) is 89.6 Å². The fraction of sp³-hybridized carbons (Fsp3) is 0.125. The van der Waals surface area contributed by atoms with Crippen molar-refractivity contribution < 1.29 is 0 Å². The van der Waals surface area contributed by atoms with Crippen LogP contribution in [-0.2, 0) is 0 Å². The lowest BCUT2D eigenvalue weighted by atomic mass is 10.4. The second-order valence-corrected chi connectivity index (χ2v) is 2.84. The Morgan fingerprint density at radius 1 is 1.43 bits per heavy atom. The maximum atomic E-state index is 11.5. The highest BCUT2D eigenvalue weighted by atomic mass is 16.1. The highest BCUT2D eigenvalue weighted by molar-refractivity contribution is 5.41. The lowest BCUT2D eigenvalue weighted by molar-refractivity contribution is 0.774. The molecule has 6 heteroatoms. The lowest BCUT2D eigenvalue weighted by Crippen LogP contribution is -2.18. The fourth-order valence-electron chi connectivity index (χ4n) is 1.11. The van der Waals surface area contributed by atoms with Crippen molar-refractivity contribution in [3.63, 3.8) is 0 Å². The molecule has 0 atom stereocenters. The van der Waals surface area contributed by atoms with Crippen molar-refractivity contribution >= 4 is 5.69 Å². The molecule has 14 heavy (non-hydrogen) atoms. The third-order valence-electron chi connectivity index (χ3n) is 1.87. The number of aryl methyl sites for hydroxylation is 1. The summed E-state index contributed by atoms with van der Waals surface area (Å²) in [5.74, 6) is 0.289. The third-order valence-corrected chi connectivity index (χ3v) is 1.87. The Morgan fingerprint density at radius 2 is 2.07 bits per heavy atom. The van der Waals surface area contributed by atoms with Gasteiger partial charge in [-0.1, -0.05) is 0 Å². The molecule has 0 aliphatic rings. The highest BCUT2D eigenvalue weighted by Crippen LogP contribution is 2.02. The van der Waals surface area contributed by atoms with Crippen LogP contribution in [0.5, 0.6) is 0 Å². The zero-order valence-corrected chi connectivity index (χ0v) is 7.56. The quantitative estimate of drug-likeness (QED) is 0.655. The number of nitrogen functional groups attached to an aromatic ring is 1. The monoisotopic (exact) mass is 191 g/mol. The summed E-state index contributed by atoms with van der Waals surface area (Å²) in [6, 6.07) is 1.67. The van der Waals surface area contributed by atoms with Gasteiger partial charge in [0.1, 0.15) is 5.69 Å². The molecule has 2 rings (SSSR count). The van der Waals surface area contributed by atoms with Crippen molar-refractivity contribution in [2.24, 2.45) is 0 Å². The normalized spacial score (nSPS) is 10.4. The number of anilines is 1. The van der Waals surface area contributed by atoms with Crippen molar-refractivity contribution in [3.05, 3.63) is 34.5 Å². The Morgan fingerprint density at radius 3 is 2.57 bits per heavy atom. The molecule has 2 heterocycles. The second-order valence-electron chi connectivity index (χ2n) is 2.84. The predicted molar refractivity (Wildman–Crippen MR) is 51.1 cm³/mol. The predicted octanol–water partition coefficient (Wildman–Crippen LogP) is -0.154. The molecule has 72 valence electrons. The van der Waals surface area contributed by atoms with Gasteiger partial charge in [-0.3, -0.25) is 9.89 Å². The van der Waals surface area contributed by atoms with Gasteiger partial charge in [0.2, 0.25) is 0 Å². The summed E-state index contributed by atoms with van der Waals surface area (Å²) < 4.78 is 1.21. The number of aromatic amines is 1. The van der Waals surface area contributed by atoms with Crippen molar-refractivity contribution in [2.45, 2.75) is 6.92 Å². The van der Waals surface area contributed by atoms with E-state index < -0.39 is 0 Å². The minimum Gasteiger partial charge on any atom is -0.393 e. The van der Waals surface area contributed by atoms with E-state index in [1.807, 2.05) is 0 Å². The van der Waals surface area contributed by atoms with Crippen LogP contribution in [0.4, 0.5) is 5.69 Å². The second kappa shape index (κ2) is 2.99. The summed E-state index contributed by atoms with van der Waals surface area (Å²) in [5.41, 5.74) is 6.00. The molecule has 0 spiro atoms. The van der Waals surface area contributed by atoms with Crippen LogP contribution in [0.2, 0.25) is 0 Å². The van der Waals surface area contributed by atoms with Crippen molar-refractivity contribution in [1.29, 1.82) is 0 Å². The Balaban J connectivity index is 2.64. The van der Waals surface area contributed by atoms with Crippen LogP contribution in [-0.4, -0.2) is 19.7 Å². The van der Waals surface area contributed by atoms with E-state index in [9.17, 15) is 4.79 Å². The smallest absolute Gasteiger partial charge is 0.297 e. The minimum absolute atomic E-state index is 0.192. The minimum atomic E-state index is -0.325. The number of nitrogens with one attached hydrogen (secondary N) is 1. The molecule has 3 N–H and O–H groups in total. The van der Waals surface area contributed by atoms with Gasteiger partial charge in [-0.25, -0.2) is 9.97 Å². The van der Waals surface area contributed by atoms with E-state index in [2.05, 4.69) is 15.1 Å². The van der Waals surface area contributed by atoms with Crippen molar-refractivity contribution in [1.82, 2.24) is 19.7 Å². The summed E-state index contributed by atoms with van der Waals surface area (Å²) in [4.78, 5) is 19.4. The zero-order valence-electron chi connectivity index (χ0n) is 7.56. The third kappa shape index (κ3) is 1.17. The molecule has 0 aliphatic heterocycles. The molecule has 0 radical (unpaired) electrons. The maximum Gasteiger partial charge on any atom is 0.297 e. The van der Waals surface area contributed by atoms with E-state index in [1.165, 1.54) is 4.68 Å². The van der Waals surface area contributed by atoms with Gasteiger partial charge in [0.05, 0.1) is 5.69 Å². The molecule has 0 saturated heterocycles. The van der Waals surface area contributed by atoms with Gasteiger partial charge in [0, 0.05) is 12.4 Å². The van der Waals surface area contributed by atoms with Crippen LogP contribution in [0.1, 0.15) is 5.69 Å². The Labute approximate surface area is 79.4 Å². The number of nitrogens with two attached hydrogens (primary N) is 1. The van der Waals surface area contributed by atoms with E-state index >= 15 is 0 Å². The zero-order chi connectivity index (χ0) is 10.1. The Hall–Kier alpha value is -2.11. The average molecular weight is 191 g/mol. The number of nitrogens with zero attached hydrogens (tertiary/aromatic N) is 3. The van der Waals surface area contributed by atoms with Gasteiger partial charge in [0.25, 0.3) is 11.5 Å². The number of hydrogen-bond donors (Lipinski definition) is 2. The number of H-pyrrole nitrogens is 1. The summed E-state index contributed by atoms with van der Waals surface area (Å²) in [6.07, 6.45) is 3.11. The molecule has 0 aromatic carbocycles. The van der Waals surface area contributed by atoms with Gasteiger partial charge < -0.3 is 5.73 Å². The van der Waals surface area contributed by atoms with Gasteiger partial charge in [-0.05, 0) is 13.0 Å². The molecule has 0 amide bonds. The molecule has 0 saturated carbocycles. The Kier molecular flexibility index (Phi) is 1.81. The van der Waals surface area contributed by atoms with Gasteiger partial charge >= 0.3 is 0 Å². The largest absolute Gasteiger partial charge is 0.393 e. The van der Waals surface area contributed by atoms with Crippen molar-refractivity contribution in [2.75, 3.05) is 5.73 Å². The first kappa shape index (κ1) is 8.49. The van der Waals surface area contributed by atoms with E-state index in [-0.39, 0.29) is 17.2 Å². The van der Waals surface area contributed by atoms with E-state index in [1.54, 1.807) is 25.4 Å². The fourth-order valence-corrected chi connectivity index (χ4v) is 1.11. The molecule has 6 nitrogen and oxygen atoms in total. The van der Waals surface area contributed by atoms with Gasteiger partial charge in [-0.15, -0.1) is 0 Å². The SMILES string of the molecule is Cc1[nH]n(-c2ncccn2)c(=O)c1N. The summed E-state index contributed by atoms with van der Waals surface area (Å²) in [6.45, 7) is 1.72. The van der Waals surface area contributed by atoms with E-state index in [0.29, 0.717) is 5.69 Å². The molecule has 0 bridgehead atoms. The van der Waals surface area contributed by atoms with Crippen LogP contribution < -0.4 is 11.3 Å². The first-order valence-electron chi connectivity index (χ1n) is 4.04. The van der Waals surface area contributed by atoms with Crippen LogP contribution >= 0.6 is 0 Å². The van der Waals surface area contributed by atoms with Crippen LogP contribution in [0, 0.1) is 6.92 Å². The van der Waals surface area contributed by atoms with Gasteiger partial charge in [-0.2, -0.15) is 4.68 Å². The molecule has 2 aromatic heterocycles. The van der Waals surface area contributed by atoms with Crippen molar-refractivity contribution in [3.8, 4) is 5.95 Å². The summed E-state index contributed by atoms with van der Waals surface area (Å²) >= 11 is 0. The first-order valence-corrected chi connectivity index (χ1v) is 4.04. The average Bonchev–Trinajstić information content (AvgIpc) is 2.47. The molecular weight excluding hydrogens is 182 g/mol. The summed E-state index contributed by atoms with van der Waals surface area (Å²) in [5, 5.41) is 2.78. The Bertz CT molecular complexity index is 498. The molecule has 0 aliphatic carbocycles. The van der Waals surface area contributed by atoms with E-state index in [0.717, 1.165) is 0 Å². The van der Waals surface area contributed by atoms with Gasteiger partial charge in [0.15, 0.2) is 0 Å². The molecule has 0 fully saturated rings. The molecular formula is C8H9N5O. The molecule has 0 unspecified atom stereocenters. The highest BCUT2D eigenvalue weighted by Gasteiger charge is 2.09. The first-order chi connectivity index (χ1) is 6.70.